The van der Waals surface area contributed by atoms with Crippen LogP contribution >= 0.6 is 11.3 Å². The number of nitrogens with two attached hydrogens (primary N) is 1. The van der Waals surface area contributed by atoms with Crippen LogP contribution in [0.25, 0.3) is 0 Å². The third-order valence-corrected chi connectivity index (χ3v) is 5.08. The van der Waals surface area contributed by atoms with Gasteiger partial charge in [-0.3, -0.25) is 0 Å². The van der Waals surface area contributed by atoms with Crippen LogP contribution in [0.5, 0.6) is 0 Å². The minimum absolute atomic E-state index is 0.124. The highest BCUT2D eigenvalue weighted by Gasteiger charge is 2.22. The zero-order valence-electron chi connectivity index (χ0n) is 11.7. The summed E-state index contributed by atoms with van der Waals surface area (Å²) in [6, 6.07) is 0.814. The maximum absolute atomic E-state index is 5.88. The van der Waals surface area contributed by atoms with Crippen molar-refractivity contribution in [2.75, 3.05) is 13.1 Å². The van der Waals surface area contributed by atoms with Gasteiger partial charge in [-0.1, -0.05) is 0 Å². The molecule has 1 aromatic rings. The molecule has 1 fully saturated rings. The first-order valence-electron chi connectivity index (χ1n) is 7.00. The molecular formula is C14H25N3S. The molecule has 102 valence electrons. The Kier molecular flexibility index (Phi) is 4.76. The van der Waals surface area contributed by atoms with Gasteiger partial charge in [-0.2, -0.15) is 0 Å². The lowest BCUT2D eigenvalue weighted by molar-refractivity contribution is 0.149. The van der Waals surface area contributed by atoms with E-state index in [1.165, 1.54) is 35.8 Å². The Bertz CT molecular complexity index is 365. The predicted molar refractivity (Wildman–Crippen MR) is 77.9 cm³/mol. The summed E-state index contributed by atoms with van der Waals surface area (Å²) >= 11 is 1.79. The number of hydrogen-bond donors (Lipinski definition) is 1. The molecule has 0 amide bonds. The molecule has 18 heavy (non-hydrogen) atoms. The van der Waals surface area contributed by atoms with Gasteiger partial charge in [-0.25, -0.2) is 4.98 Å². The molecule has 2 heterocycles. The van der Waals surface area contributed by atoms with Crippen molar-refractivity contribution < 1.29 is 0 Å². The topological polar surface area (TPSA) is 42.1 Å². The van der Waals surface area contributed by atoms with Gasteiger partial charge < -0.3 is 10.6 Å². The average Bonchev–Trinajstić information content (AvgIpc) is 2.78. The minimum atomic E-state index is 0.124. The second-order valence-corrected chi connectivity index (χ2v) is 6.87. The normalized spacial score (nSPS) is 20.5. The fourth-order valence-electron chi connectivity index (χ4n) is 2.55. The van der Waals surface area contributed by atoms with Crippen LogP contribution in [0.3, 0.4) is 0 Å². The monoisotopic (exact) mass is 267 g/mol. The fraction of sp³-hybridized carbons (Fsp3) is 0.786. The SMILES string of the molecule is CC(N)c1cnc(CC2CCN(C(C)C)CC2)s1. The van der Waals surface area contributed by atoms with E-state index in [1.807, 2.05) is 13.1 Å². The number of thiazole rings is 1. The molecule has 4 heteroatoms. The molecule has 2 N–H and O–H groups in total. The Morgan fingerprint density at radius 2 is 2.06 bits per heavy atom. The van der Waals surface area contributed by atoms with Gasteiger partial charge in [-0.05, 0) is 52.6 Å². The molecule has 1 saturated heterocycles. The lowest BCUT2D eigenvalue weighted by atomic mass is 9.93. The summed E-state index contributed by atoms with van der Waals surface area (Å²) in [4.78, 5) is 8.30. The maximum Gasteiger partial charge on any atom is 0.0931 e. The maximum atomic E-state index is 5.88. The van der Waals surface area contributed by atoms with E-state index in [1.54, 1.807) is 11.3 Å². The van der Waals surface area contributed by atoms with Gasteiger partial charge in [0.1, 0.15) is 0 Å². The van der Waals surface area contributed by atoms with Crippen LogP contribution < -0.4 is 5.73 Å². The first-order chi connectivity index (χ1) is 8.56. The van der Waals surface area contributed by atoms with Crippen LogP contribution in [0, 0.1) is 5.92 Å². The molecule has 0 radical (unpaired) electrons. The van der Waals surface area contributed by atoms with E-state index in [9.17, 15) is 0 Å². The summed E-state index contributed by atoms with van der Waals surface area (Å²) in [6.45, 7) is 9.09. The molecule has 0 saturated carbocycles. The van der Waals surface area contributed by atoms with Crippen LogP contribution in [-0.4, -0.2) is 29.0 Å². The van der Waals surface area contributed by atoms with Gasteiger partial charge >= 0.3 is 0 Å². The van der Waals surface area contributed by atoms with Crippen molar-refractivity contribution in [2.45, 2.75) is 52.1 Å². The van der Waals surface area contributed by atoms with Crippen molar-refractivity contribution >= 4 is 11.3 Å². The zero-order chi connectivity index (χ0) is 13.1. The summed E-state index contributed by atoms with van der Waals surface area (Å²) in [5.41, 5.74) is 5.88. The Morgan fingerprint density at radius 1 is 1.39 bits per heavy atom. The predicted octanol–water partition coefficient (Wildman–Crippen LogP) is 2.83. The van der Waals surface area contributed by atoms with Crippen molar-refractivity contribution in [1.29, 1.82) is 0 Å². The molecule has 0 spiro atoms. The minimum Gasteiger partial charge on any atom is -0.323 e. The van der Waals surface area contributed by atoms with Crippen molar-refractivity contribution in [3.63, 3.8) is 0 Å². The molecule has 3 nitrogen and oxygen atoms in total. The van der Waals surface area contributed by atoms with Crippen molar-refractivity contribution in [1.82, 2.24) is 9.88 Å². The summed E-state index contributed by atoms with van der Waals surface area (Å²) in [5, 5.41) is 1.27. The number of hydrogen-bond acceptors (Lipinski definition) is 4. The molecule has 1 atom stereocenters. The van der Waals surface area contributed by atoms with Gasteiger partial charge in [0, 0.05) is 29.6 Å². The van der Waals surface area contributed by atoms with Crippen molar-refractivity contribution in [3.8, 4) is 0 Å². The van der Waals surface area contributed by atoms with Crippen LogP contribution in [0.1, 0.15) is 49.5 Å². The van der Waals surface area contributed by atoms with E-state index < -0.39 is 0 Å². The summed E-state index contributed by atoms with van der Waals surface area (Å²) in [5.74, 6) is 0.812. The molecule has 0 aromatic carbocycles. The number of piperidine rings is 1. The highest BCUT2D eigenvalue weighted by molar-refractivity contribution is 7.11. The molecule has 2 rings (SSSR count). The smallest absolute Gasteiger partial charge is 0.0931 e. The lowest BCUT2D eigenvalue weighted by Gasteiger charge is -2.34. The molecule has 1 unspecified atom stereocenters. The molecule has 0 aliphatic carbocycles. The summed E-state index contributed by atoms with van der Waals surface area (Å²) < 4.78 is 0. The van der Waals surface area contributed by atoms with E-state index in [2.05, 4.69) is 23.7 Å². The largest absolute Gasteiger partial charge is 0.323 e. The Hall–Kier alpha value is -0.450. The number of nitrogens with zero attached hydrogens (tertiary/aromatic N) is 2. The van der Waals surface area contributed by atoms with Crippen molar-refractivity contribution in [3.05, 3.63) is 16.1 Å². The van der Waals surface area contributed by atoms with E-state index in [0.29, 0.717) is 6.04 Å². The highest BCUT2D eigenvalue weighted by Crippen LogP contribution is 2.26. The highest BCUT2D eigenvalue weighted by atomic mass is 32.1. The van der Waals surface area contributed by atoms with Crippen LogP contribution in [0.2, 0.25) is 0 Å². The van der Waals surface area contributed by atoms with E-state index in [0.717, 1.165) is 12.3 Å². The molecule has 1 aliphatic rings. The van der Waals surface area contributed by atoms with Gasteiger partial charge in [0.2, 0.25) is 0 Å². The number of rotatable bonds is 4. The fourth-order valence-corrected chi connectivity index (χ4v) is 3.54. The average molecular weight is 267 g/mol. The molecule has 1 aromatic heterocycles. The zero-order valence-corrected chi connectivity index (χ0v) is 12.5. The van der Waals surface area contributed by atoms with Gasteiger partial charge in [0.05, 0.1) is 5.01 Å². The Balaban J connectivity index is 1.84. The molecule has 0 bridgehead atoms. The van der Waals surface area contributed by atoms with E-state index in [4.69, 9.17) is 5.73 Å². The third-order valence-electron chi connectivity index (χ3n) is 3.86. The van der Waals surface area contributed by atoms with E-state index >= 15 is 0 Å². The first-order valence-corrected chi connectivity index (χ1v) is 7.82. The lowest BCUT2D eigenvalue weighted by Crippen LogP contribution is -2.38. The van der Waals surface area contributed by atoms with Gasteiger partial charge in [0.15, 0.2) is 0 Å². The number of likely N-dealkylation sites (tertiary alicyclic amines) is 1. The molecule has 1 aliphatic heterocycles. The second-order valence-electron chi connectivity index (χ2n) is 5.72. The van der Waals surface area contributed by atoms with Gasteiger partial charge in [0.25, 0.3) is 0 Å². The summed E-state index contributed by atoms with van der Waals surface area (Å²) in [7, 11) is 0. The molecular weight excluding hydrogens is 242 g/mol. The standard InChI is InChI=1S/C14H25N3S/c1-10(2)17-6-4-12(5-7-17)8-14-16-9-13(18-14)11(3)15/h9-12H,4-8,15H2,1-3H3. The number of aromatic nitrogens is 1. The first kappa shape index (κ1) is 14.0. The van der Waals surface area contributed by atoms with Crippen LogP contribution in [-0.2, 0) is 6.42 Å². The van der Waals surface area contributed by atoms with E-state index in [-0.39, 0.29) is 6.04 Å². The van der Waals surface area contributed by atoms with Crippen molar-refractivity contribution in [2.24, 2.45) is 11.7 Å². The summed E-state index contributed by atoms with van der Waals surface area (Å²) in [6.07, 6.45) is 5.72. The third kappa shape index (κ3) is 3.53. The second kappa shape index (κ2) is 6.13. The Labute approximate surface area is 114 Å². The van der Waals surface area contributed by atoms with Crippen LogP contribution in [0.4, 0.5) is 0 Å². The van der Waals surface area contributed by atoms with Gasteiger partial charge in [-0.15, -0.1) is 11.3 Å². The Morgan fingerprint density at radius 3 is 2.56 bits per heavy atom. The van der Waals surface area contributed by atoms with Crippen LogP contribution in [0.15, 0.2) is 6.20 Å². The quantitative estimate of drug-likeness (QED) is 0.912.